The topological polar surface area (TPSA) is 189 Å². The van der Waals surface area contributed by atoms with Crippen molar-refractivity contribution < 1.29 is 33.4 Å². The predicted molar refractivity (Wildman–Crippen MR) is 181 cm³/mol. The van der Waals surface area contributed by atoms with Gasteiger partial charge < -0.3 is 31.1 Å². The Balaban J connectivity index is 1.44. The third kappa shape index (κ3) is 9.26. The Morgan fingerprint density at radius 2 is 1.76 bits per heavy atom. The van der Waals surface area contributed by atoms with Gasteiger partial charge in [-0.25, -0.2) is 9.37 Å². The summed E-state index contributed by atoms with van der Waals surface area (Å²) in [5.74, 6) is -3.23. The summed E-state index contributed by atoms with van der Waals surface area (Å²) in [6.07, 6.45) is 0.937. The number of hydrogen-bond acceptors (Lipinski definition) is 10. The van der Waals surface area contributed by atoms with Crippen molar-refractivity contribution in [2.45, 2.75) is 70.9 Å². The SMILES string of the molecule is CC(C)[C@@H]1NC(=O)c2cc(F)ccc2OCCCn2cc(nn2)CNC(=O)[C@@H](Cc2ccccc2)NC(=O)[C@H]([C@@H](C)O)NC(=O)c2csc1n2. The van der Waals surface area contributed by atoms with Crippen molar-refractivity contribution in [1.29, 1.82) is 0 Å². The van der Waals surface area contributed by atoms with Gasteiger partial charge >= 0.3 is 0 Å². The molecule has 1 aliphatic rings. The number of aliphatic hydroxyl groups is 1. The Morgan fingerprint density at radius 1 is 1.00 bits per heavy atom. The van der Waals surface area contributed by atoms with Crippen molar-refractivity contribution in [3.05, 3.63) is 93.4 Å². The maximum absolute atomic E-state index is 14.3. The Labute approximate surface area is 291 Å². The number of ether oxygens (including phenoxy) is 1. The van der Waals surface area contributed by atoms with E-state index >= 15 is 0 Å². The molecule has 5 N–H and O–H groups in total. The second kappa shape index (κ2) is 16.5. The van der Waals surface area contributed by atoms with E-state index in [-0.39, 0.29) is 42.5 Å². The molecule has 0 saturated carbocycles. The minimum Gasteiger partial charge on any atom is -0.493 e. The molecule has 5 rings (SSSR count). The zero-order valence-electron chi connectivity index (χ0n) is 27.8. The van der Waals surface area contributed by atoms with Crippen molar-refractivity contribution in [1.82, 2.24) is 41.2 Å². The van der Waals surface area contributed by atoms with Crippen molar-refractivity contribution in [3.8, 4) is 5.75 Å². The fraction of sp³-hybridized carbons (Fsp3) is 0.382. The molecule has 4 amide bonds. The lowest BCUT2D eigenvalue weighted by atomic mass is 10.0. The highest BCUT2D eigenvalue weighted by molar-refractivity contribution is 7.09. The number of nitrogens with one attached hydrogen (secondary N) is 4. The Bertz CT molecular complexity index is 1810. The van der Waals surface area contributed by atoms with Crippen LogP contribution in [0.2, 0.25) is 0 Å². The van der Waals surface area contributed by atoms with Crippen LogP contribution in [0, 0.1) is 11.7 Å². The normalized spacial score (nSPS) is 20.3. The first-order chi connectivity index (χ1) is 24.0. The highest BCUT2D eigenvalue weighted by atomic mass is 32.1. The molecular weight excluding hydrogens is 667 g/mol. The third-order valence-electron chi connectivity index (χ3n) is 7.95. The monoisotopic (exact) mass is 706 g/mol. The number of amides is 4. The number of halogens is 1. The number of carbonyl (C=O) groups excluding carboxylic acids is 4. The summed E-state index contributed by atoms with van der Waals surface area (Å²) in [4.78, 5) is 58.2. The van der Waals surface area contributed by atoms with Gasteiger partial charge in [0.1, 0.15) is 40.0 Å². The second-order valence-corrected chi connectivity index (χ2v) is 13.1. The quantitative estimate of drug-likeness (QED) is 0.212. The minimum atomic E-state index is -1.43. The summed E-state index contributed by atoms with van der Waals surface area (Å²) in [7, 11) is 0. The average Bonchev–Trinajstić information content (AvgIpc) is 3.77. The standard InChI is InChI=1S/C34H39FN8O6S/c1-19(2)28-34-38-26(18-50-34)32(47)40-29(20(3)44)33(48)37-25(14-21-8-5-4-6-9-21)31(46)36-16-23-17-43(42-41-23)12-7-13-49-27-11-10-22(35)15-24(27)30(45)39-28/h4-6,8-11,15,17-20,25,28-29,44H,7,12-14,16H2,1-3H3,(H,36,46)(H,37,48)(H,39,45)(H,40,47)/t20-,25-,28+,29+/m1/s1. The largest absolute Gasteiger partial charge is 0.493 e. The number of aromatic nitrogens is 4. The molecule has 0 aliphatic carbocycles. The number of benzene rings is 2. The van der Waals surface area contributed by atoms with E-state index in [4.69, 9.17) is 4.74 Å². The molecule has 4 aromatic rings. The van der Waals surface area contributed by atoms with Crippen molar-refractivity contribution >= 4 is 35.0 Å². The second-order valence-electron chi connectivity index (χ2n) is 12.2. The lowest BCUT2D eigenvalue weighted by Gasteiger charge is -2.24. The van der Waals surface area contributed by atoms with Gasteiger partial charge in [0.05, 0.1) is 37.1 Å². The smallest absolute Gasteiger partial charge is 0.271 e. The maximum atomic E-state index is 14.3. The fourth-order valence-corrected chi connectivity index (χ4v) is 6.27. The summed E-state index contributed by atoms with van der Waals surface area (Å²) >= 11 is 1.12. The van der Waals surface area contributed by atoms with Gasteiger partial charge in [-0.2, -0.15) is 0 Å². The molecule has 2 aromatic heterocycles. The zero-order chi connectivity index (χ0) is 35.8. The van der Waals surface area contributed by atoms with Crippen LogP contribution in [0.4, 0.5) is 4.39 Å². The molecule has 1 aliphatic heterocycles. The molecule has 3 heterocycles. The molecule has 16 heteroatoms. The summed E-state index contributed by atoms with van der Waals surface area (Å²) in [6.45, 7) is 5.67. The number of aryl methyl sites for hydroxylation is 1. The number of nitrogens with zero attached hydrogens (tertiary/aromatic N) is 4. The van der Waals surface area contributed by atoms with Crippen molar-refractivity contribution in [2.75, 3.05) is 6.61 Å². The molecule has 2 aromatic carbocycles. The van der Waals surface area contributed by atoms with E-state index in [2.05, 4.69) is 36.6 Å². The van der Waals surface area contributed by atoms with Crippen LogP contribution in [0.5, 0.6) is 5.75 Å². The molecule has 14 nitrogen and oxygen atoms in total. The summed E-state index contributed by atoms with van der Waals surface area (Å²) < 4.78 is 21.8. The average molecular weight is 707 g/mol. The van der Waals surface area contributed by atoms with E-state index in [1.807, 2.05) is 44.2 Å². The Kier molecular flexibility index (Phi) is 11.9. The predicted octanol–water partition coefficient (Wildman–Crippen LogP) is 2.31. The highest BCUT2D eigenvalue weighted by Gasteiger charge is 2.32. The first kappa shape index (κ1) is 36.1. The molecule has 4 atom stereocenters. The number of fused-ring (bicyclic) bond motifs is 5. The van der Waals surface area contributed by atoms with Crippen LogP contribution < -0.4 is 26.0 Å². The molecule has 0 unspecified atom stereocenters. The first-order valence-electron chi connectivity index (χ1n) is 16.2. The van der Waals surface area contributed by atoms with Crippen LogP contribution >= 0.6 is 11.3 Å². The van der Waals surface area contributed by atoms with Crippen LogP contribution in [-0.2, 0) is 29.1 Å². The molecule has 0 spiro atoms. The lowest BCUT2D eigenvalue weighted by molar-refractivity contribution is -0.131. The fourth-order valence-electron chi connectivity index (χ4n) is 5.25. The van der Waals surface area contributed by atoms with Gasteiger partial charge in [-0.15, -0.1) is 16.4 Å². The maximum Gasteiger partial charge on any atom is 0.271 e. The van der Waals surface area contributed by atoms with Crippen LogP contribution in [0.1, 0.15) is 70.3 Å². The zero-order valence-corrected chi connectivity index (χ0v) is 28.6. The molecule has 0 saturated heterocycles. The van der Waals surface area contributed by atoms with Gasteiger partial charge in [-0.3, -0.25) is 23.9 Å². The number of thiazole rings is 1. The van der Waals surface area contributed by atoms with Gasteiger partial charge in [0.25, 0.3) is 11.8 Å². The van der Waals surface area contributed by atoms with Crippen molar-refractivity contribution in [2.24, 2.45) is 5.92 Å². The van der Waals surface area contributed by atoms with E-state index < -0.39 is 53.7 Å². The number of rotatable bonds is 4. The van der Waals surface area contributed by atoms with E-state index in [0.29, 0.717) is 23.7 Å². The molecule has 4 bridgehead atoms. The lowest BCUT2D eigenvalue weighted by Crippen LogP contribution is -2.57. The van der Waals surface area contributed by atoms with Crippen LogP contribution in [0.3, 0.4) is 0 Å². The summed E-state index contributed by atoms with van der Waals surface area (Å²) in [6, 6.07) is 9.63. The Hall–Kier alpha value is -5.22. The first-order valence-corrected chi connectivity index (χ1v) is 17.0. The van der Waals surface area contributed by atoms with E-state index in [1.54, 1.807) is 10.9 Å². The van der Waals surface area contributed by atoms with Gasteiger partial charge in [-0.1, -0.05) is 49.4 Å². The van der Waals surface area contributed by atoms with E-state index in [1.165, 1.54) is 24.4 Å². The minimum absolute atomic E-state index is 0.00484. The summed E-state index contributed by atoms with van der Waals surface area (Å²) in [5, 5.41) is 31.5. The number of aliphatic hydroxyl groups excluding tert-OH is 1. The van der Waals surface area contributed by atoms with Crippen LogP contribution in [0.25, 0.3) is 0 Å². The molecule has 50 heavy (non-hydrogen) atoms. The van der Waals surface area contributed by atoms with Gasteiger partial charge in [0.15, 0.2) is 0 Å². The van der Waals surface area contributed by atoms with Gasteiger partial charge in [0, 0.05) is 24.8 Å². The Morgan fingerprint density at radius 3 is 2.50 bits per heavy atom. The van der Waals surface area contributed by atoms with Gasteiger partial charge in [0.2, 0.25) is 11.8 Å². The third-order valence-corrected chi connectivity index (χ3v) is 8.87. The van der Waals surface area contributed by atoms with Gasteiger partial charge in [-0.05, 0) is 36.6 Å². The molecular formula is C34H39FN8O6S. The van der Waals surface area contributed by atoms with E-state index in [9.17, 15) is 28.7 Å². The summed E-state index contributed by atoms with van der Waals surface area (Å²) in [5.41, 5.74) is 1.20. The van der Waals surface area contributed by atoms with Crippen LogP contribution in [0.15, 0.2) is 60.1 Å². The number of carbonyl (C=O) groups is 4. The molecule has 0 radical (unpaired) electrons. The van der Waals surface area contributed by atoms with E-state index in [0.717, 1.165) is 23.0 Å². The van der Waals surface area contributed by atoms with Crippen molar-refractivity contribution in [3.63, 3.8) is 0 Å². The highest BCUT2D eigenvalue weighted by Crippen LogP contribution is 2.27. The molecule has 0 fully saturated rings. The molecule has 264 valence electrons. The van der Waals surface area contributed by atoms with Crippen LogP contribution in [-0.4, -0.2) is 73.5 Å². The number of hydrogen-bond donors (Lipinski definition) is 5.